The zero-order valence-corrected chi connectivity index (χ0v) is 9.15. The molecule has 0 aromatic rings. The van der Waals surface area contributed by atoms with Crippen molar-refractivity contribution < 1.29 is 25.6 Å². The number of quaternary nitrogens is 1. The maximum Gasteiger partial charge on any atom is 0.0757 e. The van der Waals surface area contributed by atoms with Crippen LogP contribution in [0.4, 0.5) is 0 Å². The highest BCUT2D eigenvalue weighted by Crippen LogP contribution is 2.03. The van der Waals surface area contributed by atoms with Gasteiger partial charge in [-0.1, -0.05) is 0 Å². The molecule has 0 bridgehead atoms. The first-order valence-electron chi connectivity index (χ1n) is 4.09. The van der Waals surface area contributed by atoms with Crippen molar-refractivity contribution in [3.05, 3.63) is 0 Å². The van der Waals surface area contributed by atoms with Gasteiger partial charge >= 0.3 is 0 Å². The molecule has 0 heterocycles. The first-order valence-corrected chi connectivity index (χ1v) is 4.09. The van der Waals surface area contributed by atoms with E-state index in [0.29, 0.717) is 0 Å². The van der Waals surface area contributed by atoms with Gasteiger partial charge in [-0.3, -0.25) is 0 Å². The molecule has 88 valence electrons. The van der Waals surface area contributed by atoms with Crippen molar-refractivity contribution in [3.8, 4) is 0 Å². The molecule has 5 heteroatoms. The van der Waals surface area contributed by atoms with E-state index >= 15 is 0 Å². The highest BCUT2D eigenvalue weighted by atomic mass is 19.0. The summed E-state index contributed by atoms with van der Waals surface area (Å²) in [5, 5.41) is 0. The van der Waals surface area contributed by atoms with E-state index in [1.54, 1.807) is 0 Å². The maximum absolute atomic E-state index is 2.27. The molecule has 0 aromatic heterocycles. The van der Waals surface area contributed by atoms with E-state index in [4.69, 9.17) is 0 Å². The molecule has 0 fully saturated rings. The second-order valence-corrected chi connectivity index (χ2v) is 2.61. The summed E-state index contributed by atoms with van der Waals surface area (Å²) in [4.78, 5) is 0. The van der Waals surface area contributed by atoms with Gasteiger partial charge in [0.1, 0.15) is 0 Å². The molecular formula is C8H26FNO3. The van der Waals surface area contributed by atoms with Crippen molar-refractivity contribution in [2.24, 2.45) is 0 Å². The van der Waals surface area contributed by atoms with E-state index in [1.165, 1.54) is 30.7 Å². The zero-order chi connectivity index (χ0) is 7.33. The van der Waals surface area contributed by atoms with Gasteiger partial charge in [-0.2, -0.15) is 0 Å². The van der Waals surface area contributed by atoms with Crippen molar-refractivity contribution in [1.82, 2.24) is 0 Å². The summed E-state index contributed by atoms with van der Waals surface area (Å²) in [6, 6.07) is 0. The van der Waals surface area contributed by atoms with E-state index in [9.17, 15) is 0 Å². The predicted molar refractivity (Wildman–Crippen MR) is 53.3 cm³/mol. The summed E-state index contributed by atoms with van der Waals surface area (Å²) in [7, 11) is 0. The quantitative estimate of drug-likeness (QED) is 0.422. The van der Waals surface area contributed by atoms with Crippen molar-refractivity contribution in [1.29, 1.82) is 0 Å². The largest absolute Gasteiger partial charge is 1.00 e. The van der Waals surface area contributed by atoms with Crippen LogP contribution in [-0.2, 0) is 0 Å². The maximum atomic E-state index is 2.27. The van der Waals surface area contributed by atoms with Crippen LogP contribution in [0.2, 0.25) is 0 Å². The highest BCUT2D eigenvalue weighted by molar-refractivity contribution is 4.31. The Hall–Kier alpha value is -0.230. The normalized spacial score (nSPS) is 8.31. The van der Waals surface area contributed by atoms with Gasteiger partial charge in [0.05, 0.1) is 26.2 Å². The second-order valence-electron chi connectivity index (χ2n) is 2.61. The topological polar surface area (TPSA) is 94.5 Å². The average Bonchev–Trinajstić information content (AvgIpc) is 1.95. The van der Waals surface area contributed by atoms with Crippen LogP contribution in [0.5, 0.6) is 0 Å². The zero-order valence-electron chi connectivity index (χ0n) is 9.15. The van der Waals surface area contributed by atoms with Crippen LogP contribution in [0.15, 0.2) is 0 Å². The molecule has 13 heavy (non-hydrogen) atoms. The third-order valence-electron chi connectivity index (χ3n) is 2.68. The summed E-state index contributed by atoms with van der Waals surface area (Å²) >= 11 is 0. The molecule has 0 aliphatic carbocycles. The molecular weight excluding hydrogens is 177 g/mol. The first-order chi connectivity index (χ1) is 4.24. The summed E-state index contributed by atoms with van der Waals surface area (Å²) in [5.74, 6) is 0. The molecule has 0 unspecified atom stereocenters. The van der Waals surface area contributed by atoms with Crippen molar-refractivity contribution in [3.63, 3.8) is 0 Å². The Balaban J connectivity index is -0.0000000533. The van der Waals surface area contributed by atoms with Gasteiger partial charge in [-0.25, -0.2) is 0 Å². The number of hydrogen-bond donors (Lipinski definition) is 0. The molecule has 0 aromatic carbocycles. The fourth-order valence-corrected chi connectivity index (χ4v) is 1.34. The summed E-state index contributed by atoms with van der Waals surface area (Å²) in [6.07, 6.45) is 0. The smallest absolute Gasteiger partial charge is 0.0757 e. The molecule has 0 spiro atoms. The van der Waals surface area contributed by atoms with Crippen LogP contribution in [0, 0.1) is 0 Å². The van der Waals surface area contributed by atoms with Crippen LogP contribution in [0.1, 0.15) is 27.7 Å². The van der Waals surface area contributed by atoms with E-state index in [2.05, 4.69) is 27.7 Å². The van der Waals surface area contributed by atoms with Crippen molar-refractivity contribution >= 4 is 0 Å². The Morgan fingerprint density at radius 3 is 0.769 bits per heavy atom. The van der Waals surface area contributed by atoms with Gasteiger partial charge in [0.25, 0.3) is 0 Å². The lowest BCUT2D eigenvalue weighted by molar-refractivity contribution is -0.921. The summed E-state index contributed by atoms with van der Waals surface area (Å²) in [5.41, 5.74) is 0. The number of rotatable bonds is 4. The first kappa shape index (κ1) is 29.3. The van der Waals surface area contributed by atoms with Crippen LogP contribution in [0.25, 0.3) is 0 Å². The Morgan fingerprint density at radius 2 is 0.769 bits per heavy atom. The third kappa shape index (κ3) is 8.11. The highest BCUT2D eigenvalue weighted by Gasteiger charge is 2.16. The lowest BCUT2D eigenvalue weighted by atomic mass is 10.3. The van der Waals surface area contributed by atoms with E-state index in [1.807, 2.05) is 0 Å². The molecule has 0 saturated carbocycles. The average molecular weight is 203 g/mol. The SMILES string of the molecule is CC[N+](CC)(CC)CC.O.O.O.[F-]. The minimum atomic E-state index is 0. The van der Waals surface area contributed by atoms with Crippen molar-refractivity contribution in [2.45, 2.75) is 27.7 Å². The van der Waals surface area contributed by atoms with Crippen LogP contribution in [0.3, 0.4) is 0 Å². The van der Waals surface area contributed by atoms with E-state index in [0.717, 1.165) is 0 Å². The fraction of sp³-hybridized carbons (Fsp3) is 1.00. The lowest BCUT2D eigenvalue weighted by Crippen LogP contribution is -3.00. The molecule has 0 saturated heterocycles. The van der Waals surface area contributed by atoms with Gasteiger partial charge < -0.3 is 25.6 Å². The van der Waals surface area contributed by atoms with Crippen LogP contribution >= 0.6 is 0 Å². The van der Waals surface area contributed by atoms with Crippen LogP contribution in [-0.4, -0.2) is 47.1 Å². The molecule has 0 rings (SSSR count). The van der Waals surface area contributed by atoms with Gasteiger partial charge in [0.15, 0.2) is 0 Å². The molecule has 0 aliphatic heterocycles. The number of hydrogen-bond acceptors (Lipinski definition) is 0. The summed E-state index contributed by atoms with van der Waals surface area (Å²) in [6.45, 7) is 14.2. The Morgan fingerprint density at radius 1 is 0.615 bits per heavy atom. The molecule has 6 N–H and O–H groups in total. The summed E-state index contributed by atoms with van der Waals surface area (Å²) < 4.78 is 1.28. The van der Waals surface area contributed by atoms with Crippen molar-refractivity contribution in [2.75, 3.05) is 26.2 Å². The second kappa shape index (κ2) is 14.3. The predicted octanol–water partition coefficient (Wildman–Crippen LogP) is -3.59. The van der Waals surface area contributed by atoms with Gasteiger partial charge in [0, 0.05) is 0 Å². The molecule has 4 nitrogen and oxygen atoms in total. The number of nitrogens with zero attached hydrogens (tertiary/aromatic N) is 1. The van der Waals surface area contributed by atoms with E-state index < -0.39 is 0 Å². The molecule has 0 atom stereocenters. The number of halogens is 1. The van der Waals surface area contributed by atoms with Gasteiger partial charge in [-0.05, 0) is 27.7 Å². The minimum absolute atomic E-state index is 0. The Bertz CT molecular complexity index is 62.3. The molecule has 0 radical (unpaired) electrons. The monoisotopic (exact) mass is 203 g/mol. The fourth-order valence-electron chi connectivity index (χ4n) is 1.34. The minimum Gasteiger partial charge on any atom is -1.00 e. The molecule has 0 amide bonds. The third-order valence-corrected chi connectivity index (χ3v) is 2.68. The Labute approximate surface area is 80.4 Å². The van der Waals surface area contributed by atoms with Gasteiger partial charge in [-0.15, -0.1) is 0 Å². The lowest BCUT2D eigenvalue weighted by Gasteiger charge is -2.34. The standard InChI is InChI=1S/C8H20N.FH.3H2O/c1-5-9(6-2,7-3)8-4;;;;/h5-8H2,1-4H3;1H;3*1H2/q+1;;;;/p-1. The molecule has 0 aliphatic rings. The van der Waals surface area contributed by atoms with Gasteiger partial charge in [0.2, 0.25) is 0 Å². The van der Waals surface area contributed by atoms with Crippen LogP contribution < -0.4 is 4.70 Å². The Kier molecular flexibility index (Phi) is 32.2. The van der Waals surface area contributed by atoms with E-state index in [-0.39, 0.29) is 21.1 Å².